The van der Waals surface area contributed by atoms with Crippen LogP contribution in [0.2, 0.25) is 0 Å². The molecule has 0 aliphatic carbocycles. The van der Waals surface area contributed by atoms with Crippen molar-refractivity contribution in [3.05, 3.63) is 36.1 Å². The third kappa shape index (κ3) is 3.48. The molecule has 1 saturated heterocycles. The van der Waals surface area contributed by atoms with Crippen molar-refractivity contribution in [2.45, 2.75) is 12.8 Å². The summed E-state index contributed by atoms with van der Waals surface area (Å²) >= 11 is 0. The average molecular weight is 301 g/mol. The zero-order chi connectivity index (χ0) is 15.4. The van der Waals surface area contributed by atoms with E-state index in [1.54, 1.807) is 0 Å². The van der Waals surface area contributed by atoms with Gasteiger partial charge in [0.05, 0.1) is 5.92 Å². The molecule has 118 valence electrons. The van der Waals surface area contributed by atoms with E-state index in [-0.39, 0.29) is 11.8 Å². The molecule has 0 spiro atoms. The summed E-state index contributed by atoms with van der Waals surface area (Å²) in [4.78, 5) is 14.6. The van der Waals surface area contributed by atoms with Gasteiger partial charge in [-0.05, 0) is 19.1 Å². The zero-order valence-corrected chi connectivity index (χ0v) is 13.0. The van der Waals surface area contributed by atoms with Gasteiger partial charge in [0.25, 0.3) is 0 Å². The normalized spacial score (nSPS) is 17.5. The van der Waals surface area contributed by atoms with Crippen molar-refractivity contribution in [3.8, 4) is 0 Å². The highest BCUT2D eigenvalue weighted by Gasteiger charge is 2.19. The molecule has 5 heteroatoms. The first-order chi connectivity index (χ1) is 10.7. The van der Waals surface area contributed by atoms with Gasteiger partial charge in [0.2, 0.25) is 5.91 Å². The second kappa shape index (κ2) is 6.94. The number of furan rings is 1. The van der Waals surface area contributed by atoms with E-state index in [0.717, 1.165) is 49.5 Å². The van der Waals surface area contributed by atoms with Crippen LogP contribution in [0.5, 0.6) is 0 Å². The smallest absolute Gasteiger partial charge is 0.230 e. The van der Waals surface area contributed by atoms with Crippen LogP contribution in [0.15, 0.2) is 34.7 Å². The highest BCUT2D eigenvalue weighted by atomic mass is 16.3. The van der Waals surface area contributed by atoms with Gasteiger partial charge in [0.15, 0.2) is 0 Å². The molecule has 1 amide bonds. The van der Waals surface area contributed by atoms with E-state index in [0.29, 0.717) is 6.54 Å². The Hall–Kier alpha value is -1.85. The van der Waals surface area contributed by atoms with E-state index in [9.17, 15) is 4.79 Å². The Morgan fingerprint density at radius 2 is 2.14 bits per heavy atom. The zero-order valence-electron chi connectivity index (χ0n) is 13.0. The molecule has 0 saturated carbocycles. The standard InChI is InChI=1S/C17H23N3O2/c1-13(16-12-14-4-2-3-5-15(14)22-16)17(21)19-8-11-20-9-6-18-7-10-20/h2-5,12-13,18H,6-11H2,1H3,(H,19,21). The van der Waals surface area contributed by atoms with Crippen LogP contribution in [-0.4, -0.2) is 50.1 Å². The van der Waals surface area contributed by atoms with Gasteiger partial charge >= 0.3 is 0 Å². The number of carbonyl (C=O) groups is 1. The third-order valence-electron chi connectivity index (χ3n) is 4.20. The lowest BCUT2D eigenvalue weighted by Crippen LogP contribution is -2.46. The average Bonchev–Trinajstić information content (AvgIpc) is 2.99. The van der Waals surface area contributed by atoms with Crippen LogP contribution in [0.1, 0.15) is 18.6 Å². The molecule has 3 rings (SSSR count). The Morgan fingerprint density at radius 3 is 2.91 bits per heavy atom. The highest BCUT2D eigenvalue weighted by molar-refractivity contribution is 5.85. The van der Waals surface area contributed by atoms with Crippen molar-refractivity contribution < 1.29 is 9.21 Å². The SMILES string of the molecule is CC(C(=O)NCCN1CCNCC1)c1cc2ccccc2o1. The number of amides is 1. The Balaban J connectivity index is 1.52. The molecule has 22 heavy (non-hydrogen) atoms. The summed E-state index contributed by atoms with van der Waals surface area (Å²) in [5.41, 5.74) is 0.831. The van der Waals surface area contributed by atoms with Crippen molar-refractivity contribution in [2.75, 3.05) is 39.3 Å². The van der Waals surface area contributed by atoms with Gasteiger partial charge in [-0.25, -0.2) is 0 Å². The minimum Gasteiger partial charge on any atom is -0.460 e. The van der Waals surface area contributed by atoms with Gasteiger partial charge in [-0.3, -0.25) is 9.69 Å². The van der Waals surface area contributed by atoms with Crippen molar-refractivity contribution in [3.63, 3.8) is 0 Å². The summed E-state index contributed by atoms with van der Waals surface area (Å²) in [6.07, 6.45) is 0. The molecule has 2 N–H and O–H groups in total. The minimum absolute atomic E-state index is 0.0224. The summed E-state index contributed by atoms with van der Waals surface area (Å²) < 4.78 is 5.77. The van der Waals surface area contributed by atoms with Gasteiger partial charge in [-0.15, -0.1) is 0 Å². The Bertz CT molecular complexity index is 599. The number of carbonyl (C=O) groups excluding carboxylic acids is 1. The topological polar surface area (TPSA) is 57.5 Å². The fourth-order valence-electron chi connectivity index (χ4n) is 2.77. The summed E-state index contributed by atoms with van der Waals surface area (Å²) in [6.45, 7) is 7.64. The molecule has 1 aliphatic heterocycles. The van der Waals surface area contributed by atoms with Crippen LogP contribution in [-0.2, 0) is 4.79 Å². The van der Waals surface area contributed by atoms with Gasteiger partial charge in [-0.1, -0.05) is 18.2 Å². The molecule has 1 aliphatic rings. The maximum absolute atomic E-state index is 12.3. The van der Waals surface area contributed by atoms with Crippen LogP contribution in [0, 0.1) is 0 Å². The first kappa shape index (κ1) is 15.1. The lowest BCUT2D eigenvalue weighted by Gasteiger charge is -2.27. The van der Waals surface area contributed by atoms with E-state index in [1.165, 1.54) is 0 Å². The third-order valence-corrected chi connectivity index (χ3v) is 4.20. The molecule has 2 heterocycles. The van der Waals surface area contributed by atoms with E-state index in [1.807, 2.05) is 37.3 Å². The number of fused-ring (bicyclic) bond motifs is 1. The number of nitrogens with one attached hydrogen (secondary N) is 2. The Labute approximate surface area is 130 Å². The number of rotatable bonds is 5. The van der Waals surface area contributed by atoms with Crippen molar-refractivity contribution in [1.82, 2.24) is 15.5 Å². The number of benzene rings is 1. The molecular weight excluding hydrogens is 278 g/mol. The van der Waals surface area contributed by atoms with Crippen molar-refractivity contribution in [1.29, 1.82) is 0 Å². The number of hydrogen-bond acceptors (Lipinski definition) is 4. The maximum Gasteiger partial charge on any atom is 0.230 e. The van der Waals surface area contributed by atoms with E-state index < -0.39 is 0 Å². The van der Waals surface area contributed by atoms with Crippen LogP contribution in [0.3, 0.4) is 0 Å². The number of nitrogens with zero attached hydrogens (tertiary/aromatic N) is 1. The maximum atomic E-state index is 12.3. The van der Waals surface area contributed by atoms with Gasteiger partial charge in [-0.2, -0.15) is 0 Å². The number of hydrogen-bond donors (Lipinski definition) is 2. The molecule has 5 nitrogen and oxygen atoms in total. The lowest BCUT2D eigenvalue weighted by atomic mass is 10.1. The molecule has 1 fully saturated rings. The quantitative estimate of drug-likeness (QED) is 0.880. The largest absolute Gasteiger partial charge is 0.460 e. The molecular formula is C17H23N3O2. The summed E-state index contributed by atoms with van der Waals surface area (Å²) in [5, 5.41) is 7.38. The molecule has 1 aromatic carbocycles. The lowest BCUT2D eigenvalue weighted by molar-refractivity contribution is -0.122. The Kier molecular flexibility index (Phi) is 4.75. The molecule has 0 radical (unpaired) electrons. The van der Waals surface area contributed by atoms with Crippen molar-refractivity contribution >= 4 is 16.9 Å². The monoisotopic (exact) mass is 301 g/mol. The van der Waals surface area contributed by atoms with Gasteiger partial charge in [0, 0.05) is 44.7 Å². The van der Waals surface area contributed by atoms with Crippen LogP contribution < -0.4 is 10.6 Å². The van der Waals surface area contributed by atoms with Crippen LogP contribution in [0.25, 0.3) is 11.0 Å². The van der Waals surface area contributed by atoms with Crippen LogP contribution >= 0.6 is 0 Å². The second-order valence-electron chi connectivity index (χ2n) is 5.79. The Morgan fingerprint density at radius 1 is 1.36 bits per heavy atom. The summed E-state index contributed by atoms with van der Waals surface area (Å²) in [5.74, 6) is 0.477. The van der Waals surface area contributed by atoms with E-state index >= 15 is 0 Å². The molecule has 0 bridgehead atoms. The first-order valence-corrected chi connectivity index (χ1v) is 7.93. The molecule has 1 atom stereocenters. The first-order valence-electron chi connectivity index (χ1n) is 7.93. The predicted octanol–water partition coefficient (Wildman–Crippen LogP) is 1.56. The molecule has 1 aromatic heterocycles. The van der Waals surface area contributed by atoms with Gasteiger partial charge in [0.1, 0.15) is 11.3 Å². The molecule has 2 aromatic rings. The summed E-state index contributed by atoms with van der Waals surface area (Å²) in [7, 11) is 0. The van der Waals surface area contributed by atoms with Gasteiger partial charge < -0.3 is 15.1 Å². The van der Waals surface area contributed by atoms with E-state index in [2.05, 4.69) is 15.5 Å². The van der Waals surface area contributed by atoms with E-state index in [4.69, 9.17) is 4.42 Å². The summed E-state index contributed by atoms with van der Waals surface area (Å²) in [6, 6.07) is 9.79. The second-order valence-corrected chi connectivity index (χ2v) is 5.79. The number of para-hydroxylation sites is 1. The van der Waals surface area contributed by atoms with Crippen LogP contribution in [0.4, 0.5) is 0 Å². The molecule has 1 unspecified atom stereocenters. The predicted molar refractivity (Wildman–Crippen MR) is 86.9 cm³/mol. The fraction of sp³-hybridized carbons (Fsp3) is 0.471. The highest BCUT2D eigenvalue weighted by Crippen LogP contribution is 2.24. The van der Waals surface area contributed by atoms with Crippen molar-refractivity contribution in [2.24, 2.45) is 0 Å². The number of piperazine rings is 1. The minimum atomic E-state index is -0.268. The fourth-order valence-corrected chi connectivity index (χ4v) is 2.77.